The molecule has 2 heterocycles. The number of likely N-dealkylation sites (tertiary alicyclic amines) is 1. The van der Waals surface area contributed by atoms with E-state index in [-0.39, 0.29) is 19.1 Å². The van der Waals surface area contributed by atoms with Gasteiger partial charge in [-0.1, -0.05) is 6.07 Å². The van der Waals surface area contributed by atoms with Gasteiger partial charge in [0.25, 0.3) is 0 Å². The van der Waals surface area contributed by atoms with E-state index in [4.69, 9.17) is 9.84 Å². The maximum Gasteiger partial charge on any atom is 0.326 e. The molecule has 1 unspecified atom stereocenters. The number of rotatable bonds is 7. The van der Waals surface area contributed by atoms with Crippen molar-refractivity contribution in [1.29, 1.82) is 0 Å². The minimum Gasteiger partial charge on any atom is -0.480 e. The van der Waals surface area contributed by atoms with Crippen molar-refractivity contribution in [1.82, 2.24) is 15.2 Å². The number of hydrogen-bond acceptors (Lipinski definition) is 5. The highest BCUT2D eigenvalue weighted by molar-refractivity contribution is 5.85. The molecule has 23 heavy (non-hydrogen) atoms. The summed E-state index contributed by atoms with van der Waals surface area (Å²) in [5, 5.41) is 11.7. The Morgan fingerprint density at radius 2 is 2.22 bits per heavy atom. The van der Waals surface area contributed by atoms with Crippen LogP contribution in [0.1, 0.15) is 18.4 Å². The van der Waals surface area contributed by atoms with Crippen LogP contribution in [0, 0.1) is 0 Å². The Bertz CT molecular complexity index is 563. The molecule has 1 aromatic rings. The second kappa shape index (κ2) is 8.23. The second-order valence-corrected chi connectivity index (χ2v) is 5.21. The van der Waals surface area contributed by atoms with E-state index in [1.165, 1.54) is 4.90 Å². The Morgan fingerprint density at radius 3 is 2.91 bits per heavy atom. The molecule has 0 radical (unpaired) electrons. The summed E-state index contributed by atoms with van der Waals surface area (Å²) in [6.07, 6.45) is 4.40. The Hall–Kier alpha value is -2.48. The quantitative estimate of drug-likeness (QED) is 0.719. The van der Waals surface area contributed by atoms with Crippen LogP contribution < -0.4 is 5.32 Å². The summed E-state index contributed by atoms with van der Waals surface area (Å²) in [5.74, 6) is -1.77. The summed E-state index contributed by atoms with van der Waals surface area (Å²) >= 11 is 0. The third-order valence-electron chi connectivity index (χ3n) is 3.53. The van der Waals surface area contributed by atoms with E-state index in [2.05, 4.69) is 10.3 Å². The number of nitrogens with zero attached hydrogens (tertiary/aromatic N) is 2. The summed E-state index contributed by atoms with van der Waals surface area (Å²) in [5.41, 5.74) is 0.860. The van der Waals surface area contributed by atoms with Crippen LogP contribution in [0.15, 0.2) is 24.5 Å². The first kappa shape index (κ1) is 16.9. The van der Waals surface area contributed by atoms with Crippen LogP contribution in [-0.4, -0.2) is 58.6 Å². The number of hydrogen-bond donors (Lipinski definition) is 2. The van der Waals surface area contributed by atoms with Crippen LogP contribution in [0.3, 0.4) is 0 Å². The van der Waals surface area contributed by atoms with Gasteiger partial charge in [0.15, 0.2) is 0 Å². The van der Waals surface area contributed by atoms with Crippen LogP contribution in [0.4, 0.5) is 0 Å². The van der Waals surface area contributed by atoms with Gasteiger partial charge in [-0.05, 0) is 24.5 Å². The number of carboxylic acid groups (broad SMARTS) is 1. The fraction of sp³-hybridized carbons (Fsp3) is 0.467. The first-order valence-corrected chi connectivity index (χ1v) is 7.33. The van der Waals surface area contributed by atoms with E-state index >= 15 is 0 Å². The normalized spacial score (nSPS) is 17.0. The molecule has 0 saturated carbocycles. The SMILES string of the molecule is O=C(COCC(=O)N1CCCC1C(=O)O)NCc1cccnc1. The van der Waals surface area contributed by atoms with Crippen LogP contribution in [-0.2, 0) is 25.7 Å². The van der Waals surface area contributed by atoms with E-state index in [0.717, 1.165) is 5.56 Å². The molecule has 1 atom stereocenters. The van der Waals surface area contributed by atoms with Crippen molar-refractivity contribution < 1.29 is 24.2 Å². The van der Waals surface area contributed by atoms with Crippen molar-refractivity contribution in [3.8, 4) is 0 Å². The highest BCUT2D eigenvalue weighted by atomic mass is 16.5. The smallest absolute Gasteiger partial charge is 0.326 e. The Kier molecular flexibility index (Phi) is 6.04. The summed E-state index contributed by atoms with van der Waals surface area (Å²) in [6.45, 7) is 0.186. The average Bonchev–Trinajstić information content (AvgIpc) is 3.04. The van der Waals surface area contributed by atoms with Crippen LogP contribution >= 0.6 is 0 Å². The van der Waals surface area contributed by atoms with Crippen molar-refractivity contribution in [2.45, 2.75) is 25.4 Å². The topological polar surface area (TPSA) is 109 Å². The number of amides is 2. The van der Waals surface area contributed by atoms with E-state index < -0.39 is 17.9 Å². The van der Waals surface area contributed by atoms with Gasteiger partial charge in [-0.3, -0.25) is 14.6 Å². The van der Waals surface area contributed by atoms with E-state index in [1.807, 2.05) is 6.07 Å². The van der Waals surface area contributed by atoms with Gasteiger partial charge in [-0.25, -0.2) is 4.79 Å². The van der Waals surface area contributed by atoms with Gasteiger partial charge >= 0.3 is 5.97 Å². The first-order valence-electron chi connectivity index (χ1n) is 7.33. The molecule has 2 N–H and O–H groups in total. The number of carbonyl (C=O) groups excluding carboxylic acids is 2. The van der Waals surface area contributed by atoms with Gasteiger partial charge in [0.05, 0.1) is 0 Å². The lowest BCUT2D eigenvalue weighted by molar-refractivity contribution is -0.150. The summed E-state index contributed by atoms with van der Waals surface area (Å²) in [6, 6.07) is 2.81. The molecule has 1 fully saturated rings. The molecule has 0 bridgehead atoms. The predicted molar refractivity (Wildman–Crippen MR) is 79.3 cm³/mol. The van der Waals surface area contributed by atoms with Crippen molar-refractivity contribution in [3.05, 3.63) is 30.1 Å². The van der Waals surface area contributed by atoms with Gasteiger partial charge in [-0.15, -0.1) is 0 Å². The lowest BCUT2D eigenvalue weighted by Crippen LogP contribution is -2.42. The molecule has 2 amide bonds. The largest absolute Gasteiger partial charge is 0.480 e. The zero-order chi connectivity index (χ0) is 16.7. The summed E-state index contributed by atoms with van der Waals surface area (Å²) in [4.78, 5) is 39.8. The number of carbonyl (C=O) groups is 3. The molecule has 8 nitrogen and oxygen atoms in total. The van der Waals surface area contributed by atoms with Crippen molar-refractivity contribution in [3.63, 3.8) is 0 Å². The Morgan fingerprint density at radius 1 is 1.39 bits per heavy atom. The predicted octanol–water partition coefficient (Wildman–Crippen LogP) is -0.210. The van der Waals surface area contributed by atoms with E-state index in [0.29, 0.717) is 25.9 Å². The summed E-state index contributed by atoms with van der Waals surface area (Å²) in [7, 11) is 0. The highest BCUT2D eigenvalue weighted by Crippen LogP contribution is 2.17. The van der Waals surface area contributed by atoms with Crippen molar-refractivity contribution in [2.75, 3.05) is 19.8 Å². The average molecular weight is 321 g/mol. The number of ether oxygens (including phenoxy) is 1. The summed E-state index contributed by atoms with van der Waals surface area (Å²) < 4.78 is 5.07. The molecule has 0 aliphatic carbocycles. The first-order chi connectivity index (χ1) is 11.1. The fourth-order valence-corrected chi connectivity index (χ4v) is 2.39. The molecule has 1 saturated heterocycles. The number of carboxylic acids is 1. The van der Waals surface area contributed by atoms with E-state index in [1.54, 1.807) is 18.5 Å². The van der Waals surface area contributed by atoms with E-state index in [9.17, 15) is 14.4 Å². The lowest BCUT2D eigenvalue weighted by Gasteiger charge is -2.21. The zero-order valence-electron chi connectivity index (χ0n) is 12.6. The number of aromatic nitrogens is 1. The van der Waals surface area contributed by atoms with Crippen LogP contribution in [0.5, 0.6) is 0 Å². The molecule has 124 valence electrons. The van der Waals surface area contributed by atoms with Crippen molar-refractivity contribution >= 4 is 17.8 Å². The fourth-order valence-electron chi connectivity index (χ4n) is 2.39. The van der Waals surface area contributed by atoms with Gasteiger partial charge in [0.1, 0.15) is 19.3 Å². The van der Waals surface area contributed by atoms with Gasteiger partial charge in [-0.2, -0.15) is 0 Å². The van der Waals surface area contributed by atoms with Crippen LogP contribution in [0.2, 0.25) is 0 Å². The third kappa shape index (κ3) is 5.03. The standard InChI is InChI=1S/C15H19N3O5/c19-13(17-8-11-3-1-5-16-7-11)9-23-10-14(20)18-6-2-4-12(18)15(21)22/h1,3,5,7,12H,2,4,6,8-10H2,(H,17,19)(H,21,22). The highest BCUT2D eigenvalue weighted by Gasteiger charge is 2.33. The van der Waals surface area contributed by atoms with Gasteiger partial charge < -0.3 is 20.1 Å². The molecule has 8 heteroatoms. The van der Waals surface area contributed by atoms with Gasteiger partial charge in [0, 0.05) is 25.5 Å². The maximum atomic E-state index is 11.9. The molecular weight excluding hydrogens is 302 g/mol. The molecule has 1 aliphatic rings. The minimum atomic E-state index is -1.01. The Balaban J connectivity index is 1.67. The number of aliphatic carboxylic acids is 1. The molecule has 0 spiro atoms. The second-order valence-electron chi connectivity index (χ2n) is 5.21. The third-order valence-corrected chi connectivity index (χ3v) is 3.53. The van der Waals surface area contributed by atoms with Gasteiger partial charge in [0.2, 0.25) is 11.8 Å². The molecule has 0 aromatic carbocycles. The minimum absolute atomic E-state index is 0.252. The monoisotopic (exact) mass is 321 g/mol. The Labute approximate surface area is 133 Å². The number of pyridine rings is 1. The molecule has 2 rings (SSSR count). The molecular formula is C15H19N3O5. The zero-order valence-corrected chi connectivity index (χ0v) is 12.6. The lowest BCUT2D eigenvalue weighted by atomic mass is 10.2. The van der Waals surface area contributed by atoms with Crippen LogP contribution in [0.25, 0.3) is 0 Å². The molecule has 1 aliphatic heterocycles. The molecule has 1 aromatic heterocycles. The number of nitrogens with one attached hydrogen (secondary N) is 1. The maximum absolute atomic E-state index is 11.9. The van der Waals surface area contributed by atoms with Crippen molar-refractivity contribution in [2.24, 2.45) is 0 Å².